The fourth-order valence-corrected chi connectivity index (χ4v) is 1.54. The average molecular weight is 261 g/mol. The Bertz CT molecular complexity index is 127. The summed E-state index contributed by atoms with van der Waals surface area (Å²) >= 11 is 2.15. The Morgan fingerprint density at radius 2 is 2.20 bits per heavy atom. The number of rotatable bonds is 1. The summed E-state index contributed by atoms with van der Waals surface area (Å²) in [6.07, 6.45) is 0.0281. The van der Waals surface area contributed by atoms with Gasteiger partial charge in [0.2, 0.25) is 0 Å². The number of alkyl halides is 3. The lowest BCUT2D eigenvalue weighted by molar-refractivity contribution is 0.0121. The highest BCUT2D eigenvalue weighted by molar-refractivity contribution is 14.1. The van der Waals surface area contributed by atoms with Crippen LogP contribution in [0.25, 0.3) is 0 Å². The smallest absolute Gasteiger partial charge is 0.261 e. The van der Waals surface area contributed by atoms with E-state index in [1.54, 1.807) is 4.90 Å². The molecule has 1 aliphatic rings. The number of hydrogen-bond donors (Lipinski definition) is 0. The van der Waals surface area contributed by atoms with Crippen molar-refractivity contribution in [3.05, 3.63) is 0 Å². The summed E-state index contributed by atoms with van der Waals surface area (Å²) in [6, 6.07) is 0. The first kappa shape index (κ1) is 8.64. The van der Waals surface area contributed by atoms with E-state index in [9.17, 15) is 8.78 Å². The minimum atomic E-state index is -2.43. The van der Waals surface area contributed by atoms with Crippen LogP contribution in [-0.2, 0) is 0 Å². The lowest BCUT2D eigenvalue weighted by Crippen LogP contribution is -2.29. The molecule has 0 aromatic carbocycles. The summed E-state index contributed by atoms with van der Waals surface area (Å²) in [7, 11) is 0. The van der Waals surface area contributed by atoms with Gasteiger partial charge in [0.1, 0.15) is 0 Å². The van der Waals surface area contributed by atoms with Crippen LogP contribution < -0.4 is 0 Å². The van der Waals surface area contributed by atoms with Crippen molar-refractivity contribution in [2.75, 3.05) is 13.1 Å². The van der Waals surface area contributed by atoms with Gasteiger partial charge in [0.05, 0.1) is 10.6 Å². The van der Waals surface area contributed by atoms with Gasteiger partial charge in [0.25, 0.3) is 5.92 Å². The molecule has 0 radical (unpaired) electrons. The molecule has 60 valence electrons. The van der Waals surface area contributed by atoms with Crippen LogP contribution in [0, 0.1) is 0 Å². The molecular weight excluding hydrogens is 251 g/mol. The molecule has 1 rings (SSSR count). The van der Waals surface area contributed by atoms with Gasteiger partial charge in [-0.05, 0) is 6.92 Å². The Hall–Kier alpha value is 0.550. The molecule has 4 heteroatoms. The third-order valence-electron chi connectivity index (χ3n) is 1.70. The molecular formula is C6H10F2IN. The maximum atomic E-state index is 12.5. The second-order valence-corrected chi connectivity index (χ2v) is 4.45. The molecule has 1 heterocycles. The number of hydrogen-bond acceptors (Lipinski definition) is 1. The zero-order valence-corrected chi connectivity index (χ0v) is 7.94. The molecule has 0 spiro atoms. The maximum absolute atomic E-state index is 12.5. The van der Waals surface area contributed by atoms with Crippen molar-refractivity contribution in [2.24, 2.45) is 0 Å². The summed E-state index contributed by atoms with van der Waals surface area (Å²) in [5, 5.41) is 0. The van der Waals surface area contributed by atoms with Gasteiger partial charge >= 0.3 is 0 Å². The maximum Gasteiger partial charge on any atom is 0.261 e. The molecule has 1 unspecified atom stereocenters. The zero-order chi connectivity index (χ0) is 7.78. The SMILES string of the molecule is CC(I)N1CCC(F)(F)C1. The van der Waals surface area contributed by atoms with Gasteiger partial charge in [0, 0.05) is 13.0 Å². The molecule has 10 heavy (non-hydrogen) atoms. The average Bonchev–Trinajstić information content (AvgIpc) is 2.10. The van der Waals surface area contributed by atoms with E-state index in [0.29, 0.717) is 6.54 Å². The van der Waals surface area contributed by atoms with Crippen molar-refractivity contribution in [3.63, 3.8) is 0 Å². The molecule has 0 aliphatic carbocycles. The van der Waals surface area contributed by atoms with Gasteiger partial charge < -0.3 is 0 Å². The highest BCUT2D eigenvalue weighted by atomic mass is 127. The zero-order valence-electron chi connectivity index (χ0n) is 5.78. The lowest BCUT2D eigenvalue weighted by Gasteiger charge is -2.17. The number of nitrogens with zero attached hydrogens (tertiary/aromatic N) is 1. The van der Waals surface area contributed by atoms with Gasteiger partial charge in [-0.15, -0.1) is 0 Å². The third kappa shape index (κ3) is 2.02. The van der Waals surface area contributed by atoms with Crippen LogP contribution in [0.3, 0.4) is 0 Å². The van der Waals surface area contributed by atoms with E-state index in [1.165, 1.54) is 0 Å². The van der Waals surface area contributed by atoms with Gasteiger partial charge in [-0.25, -0.2) is 8.78 Å². The topological polar surface area (TPSA) is 3.24 Å². The summed E-state index contributed by atoms with van der Waals surface area (Å²) in [5.41, 5.74) is 0. The molecule has 1 saturated heterocycles. The Labute approximate surface area is 72.9 Å². The first-order valence-corrected chi connectivity index (χ1v) is 4.52. The molecule has 0 N–H and O–H groups in total. The second kappa shape index (κ2) is 2.89. The monoisotopic (exact) mass is 261 g/mol. The summed E-state index contributed by atoms with van der Waals surface area (Å²) in [5.74, 6) is -2.43. The van der Waals surface area contributed by atoms with Crippen LogP contribution in [0.1, 0.15) is 13.3 Å². The van der Waals surface area contributed by atoms with Crippen LogP contribution in [0.4, 0.5) is 8.78 Å². The normalized spacial score (nSPS) is 28.8. The van der Waals surface area contributed by atoms with E-state index in [-0.39, 0.29) is 17.0 Å². The van der Waals surface area contributed by atoms with Gasteiger partial charge in [-0.1, -0.05) is 22.6 Å². The van der Waals surface area contributed by atoms with Crippen LogP contribution in [0.15, 0.2) is 0 Å². The van der Waals surface area contributed by atoms with E-state index in [0.717, 1.165) is 0 Å². The molecule has 1 nitrogen and oxygen atoms in total. The van der Waals surface area contributed by atoms with E-state index < -0.39 is 5.92 Å². The van der Waals surface area contributed by atoms with Crippen molar-refractivity contribution in [3.8, 4) is 0 Å². The summed E-state index contributed by atoms with van der Waals surface area (Å²) < 4.78 is 25.2. The minimum Gasteiger partial charge on any atom is -0.286 e. The van der Waals surface area contributed by atoms with Gasteiger partial charge in [0.15, 0.2) is 0 Å². The van der Waals surface area contributed by atoms with E-state index in [1.807, 2.05) is 6.92 Å². The summed E-state index contributed by atoms with van der Waals surface area (Å²) in [4.78, 5) is 1.79. The first-order valence-electron chi connectivity index (χ1n) is 3.27. The molecule has 0 saturated carbocycles. The van der Waals surface area contributed by atoms with E-state index >= 15 is 0 Å². The quantitative estimate of drug-likeness (QED) is 0.397. The summed E-state index contributed by atoms with van der Waals surface area (Å²) in [6.45, 7) is 2.41. The molecule has 1 atom stereocenters. The van der Waals surface area contributed by atoms with Crippen LogP contribution in [-0.4, -0.2) is 28.0 Å². The highest BCUT2D eigenvalue weighted by Gasteiger charge is 2.39. The Morgan fingerprint density at radius 3 is 2.40 bits per heavy atom. The predicted octanol–water partition coefficient (Wildman–Crippen LogP) is 2.11. The lowest BCUT2D eigenvalue weighted by atomic mass is 10.3. The van der Waals surface area contributed by atoms with Crippen LogP contribution in [0.2, 0.25) is 0 Å². The molecule has 1 fully saturated rings. The molecule has 0 amide bonds. The van der Waals surface area contributed by atoms with Gasteiger partial charge in [-0.3, -0.25) is 4.90 Å². The van der Waals surface area contributed by atoms with Gasteiger partial charge in [-0.2, -0.15) is 0 Å². The third-order valence-corrected chi connectivity index (χ3v) is 2.49. The number of likely N-dealkylation sites (tertiary alicyclic amines) is 1. The van der Waals surface area contributed by atoms with Crippen molar-refractivity contribution in [2.45, 2.75) is 23.3 Å². The Balaban J connectivity index is 2.43. The molecule has 1 aliphatic heterocycles. The van der Waals surface area contributed by atoms with E-state index in [4.69, 9.17) is 0 Å². The van der Waals surface area contributed by atoms with Crippen molar-refractivity contribution >= 4 is 22.6 Å². The minimum absolute atomic E-state index is 0.0281. The van der Waals surface area contributed by atoms with E-state index in [2.05, 4.69) is 22.6 Å². The fourth-order valence-electron chi connectivity index (χ4n) is 1.07. The second-order valence-electron chi connectivity index (χ2n) is 2.65. The highest BCUT2D eigenvalue weighted by Crippen LogP contribution is 2.29. The first-order chi connectivity index (χ1) is 4.51. The standard InChI is InChI=1S/C6H10F2IN/c1-5(9)10-3-2-6(7,8)4-10/h5H,2-4H2,1H3. The fraction of sp³-hybridized carbons (Fsp3) is 1.00. The molecule has 0 aromatic rings. The largest absolute Gasteiger partial charge is 0.286 e. The van der Waals surface area contributed by atoms with Crippen molar-refractivity contribution < 1.29 is 8.78 Å². The van der Waals surface area contributed by atoms with Crippen LogP contribution >= 0.6 is 22.6 Å². The Kier molecular flexibility index (Phi) is 2.50. The molecule has 0 aromatic heterocycles. The molecule has 0 bridgehead atoms. The van der Waals surface area contributed by atoms with Crippen LogP contribution in [0.5, 0.6) is 0 Å². The number of halogens is 3. The Morgan fingerprint density at radius 1 is 1.60 bits per heavy atom. The predicted molar refractivity (Wildman–Crippen MR) is 44.6 cm³/mol. The van der Waals surface area contributed by atoms with Crippen molar-refractivity contribution in [1.82, 2.24) is 4.90 Å². The van der Waals surface area contributed by atoms with Crippen molar-refractivity contribution in [1.29, 1.82) is 0 Å².